The molecule has 1 amide bonds. The number of fused-ring (bicyclic) bond motifs is 3. The molecule has 7 rings (SSSR count). The van der Waals surface area contributed by atoms with Gasteiger partial charge in [0.1, 0.15) is 29.9 Å². The Balaban J connectivity index is 1.33. The molecule has 2 aromatic carbocycles. The number of piperazine rings is 1. The number of carbonyl (C=O) groups excluding carboxylic acids is 1. The van der Waals surface area contributed by atoms with Crippen LogP contribution in [-0.2, 0) is 17.6 Å². The fraction of sp³-hybridized carbons (Fsp3) is 0.500. The van der Waals surface area contributed by atoms with Gasteiger partial charge >= 0.3 is 6.01 Å². The molecule has 0 radical (unpaired) electrons. The summed E-state index contributed by atoms with van der Waals surface area (Å²) in [5.41, 5.74) is 2.15. The maximum atomic E-state index is 16.7. The molecule has 3 aromatic rings. The number of hydrogen-bond acceptors (Lipinski definition) is 6. The van der Waals surface area contributed by atoms with Crippen LogP contribution in [0.4, 0.5) is 19.0 Å². The van der Waals surface area contributed by atoms with Crippen LogP contribution >= 0.6 is 0 Å². The Morgan fingerprint density at radius 3 is 2.80 bits per heavy atom. The van der Waals surface area contributed by atoms with Crippen molar-refractivity contribution in [3.8, 4) is 17.1 Å². The number of hydrogen-bond donors (Lipinski definition) is 0. The van der Waals surface area contributed by atoms with Crippen molar-refractivity contribution in [2.24, 2.45) is 0 Å². The van der Waals surface area contributed by atoms with Crippen molar-refractivity contribution >= 4 is 22.6 Å². The van der Waals surface area contributed by atoms with Crippen LogP contribution in [0.25, 0.3) is 22.0 Å². The van der Waals surface area contributed by atoms with Crippen molar-refractivity contribution < 1.29 is 22.7 Å². The molecule has 10 heteroatoms. The van der Waals surface area contributed by atoms with Crippen LogP contribution in [0.3, 0.4) is 0 Å². The lowest BCUT2D eigenvalue weighted by Gasteiger charge is -2.40. The van der Waals surface area contributed by atoms with Crippen molar-refractivity contribution in [1.29, 1.82) is 0 Å². The highest BCUT2D eigenvalue weighted by molar-refractivity contribution is 5.94. The van der Waals surface area contributed by atoms with Gasteiger partial charge in [-0.25, -0.2) is 13.2 Å². The molecule has 3 aliphatic heterocycles. The molecular formula is C34H38F3N5O2. The van der Waals surface area contributed by atoms with Gasteiger partial charge in [0, 0.05) is 44.0 Å². The zero-order chi connectivity index (χ0) is 30.6. The molecule has 7 nitrogen and oxygen atoms in total. The van der Waals surface area contributed by atoms with E-state index in [2.05, 4.69) is 16.5 Å². The molecule has 3 fully saturated rings. The van der Waals surface area contributed by atoms with Crippen LogP contribution in [-0.4, -0.2) is 82.8 Å². The predicted molar refractivity (Wildman–Crippen MR) is 164 cm³/mol. The molecule has 1 aliphatic carbocycles. The quantitative estimate of drug-likeness (QED) is 0.340. The Morgan fingerprint density at radius 1 is 1.14 bits per heavy atom. The number of aromatic nitrogens is 2. The number of halogens is 3. The van der Waals surface area contributed by atoms with Gasteiger partial charge in [-0.15, -0.1) is 0 Å². The summed E-state index contributed by atoms with van der Waals surface area (Å²) in [7, 11) is 0. The average Bonchev–Trinajstić information content (AvgIpc) is 3.55. The maximum Gasteiger partial charge on any atom is 0.319 e. The first-order chi connectivity index (χ1) is 21.3. The smallest absolute Gasteiger partial charge is 0.319 e. The molecule has 0 spiro atoms. The lowest BCUT2D eigenvalue weighted by Crippen LogP contribution is -2.53. The van der Waals surface area contributed by atoms with Gasteiger partial charge < -0.3 is 14.5 Å². The van der Waals surface area contributed by atoms with Gasteiger partial charge in [0.15, 0.2) is 5.82 Å². The van der Waals surface area contributed by atoms with Crippen LogP contribution in [0.2, 0.25) is 0 Å². The highest BCUT2D eigenvalue weighted by atomic mass is 19.1. The van der Waals surface area contributed by atoms with E-state index in [-0.39, 0.29) is 41.0 Å². The lowest BCUT2D eigenvalue weighted by molar-refractivity contribution is -0.126. The zero-order valence-electron chi connectivity index (χ0n) is 25.1. The van der Waals surface area contributed by atoms with Gasteiger partial charge in [0.05, 0.1) is 11.1 Å². The van der Waals surface area contributed by atoms with Crippen LogP contribution < -0.4 is 9.64 Å². The number of benzene rings is 2. The van der Waals surface area contributed by atoms with E-state index in [9.17, 15) is 9.18 Å². The van der Waals surface area contributed by atoms with E-state index in [4.69, 9.17) is 9.72 Å². The second-order valence-electron chi connectivity index (χ2n) is 12.8. The van der Waals surface area contributed by atoms with Crippen molar-refractivity contribution in [3.05, 3.63) is 59.7 Å². The van der Waals surface area contributed by atoms with Gasteiger partial charge in [0.2, 0.25) is 5.91 Å². The number of carbonyl (C=O) groups is 1. The monoisotopic (exact) mass is 605 g/mol. The van der Waals surface area contributed by atoms with Crippen molar-refractivity contribution in [2.75, 3.05) is 44.2 Å². The Morgan fingerprint density at radius 2 is 1.98 bits per heavy atom. The van der Waals surface area contributed by atoms with Crippen LogP contribution in [0.1, 0.15) is 50.2 Å². The van der Waals surface area contributed by atoms with E-state index < -0.39 is 23.3 Å². The standard InChI is InChI=1S/C34H38F3N5O2/c1-3-28(43)40-14-15-42(21(2)18-40)32-26-16-27(36)29(25-11-6-9-22-8-4-5-10-24(22)25)30(37)31(26)38-33(39-32)44-20-34-12-7-13-41(34)19-23(35)17-34/h3,6,9,11,16,21,23H,1,4-5,7-8,10,12-15,17-20H2,2H3/t21-,23+,34-/m0/s1. The average molecular weight is 606 g/mol. The SMILES string of the molecule is C=CC(=O)N1CCN(c2nc(OC[C@@]34CCCN3C[C@H](F)C4)nc3c(F)c(-c4cccc5c4CCCC5)c(F)cc23)[C@@H](C)C1. The third kappa shape index (κ3) is 4.91. The molecule has 4 heterocycles. The van der Waals surface area contributed by atoms with Gasteiger partial charge in [-0.2, -0.15) is 9.97 Å². The molecule has 3 atom stereocenters. The Labute approximate surface area is 255 Å². The Bertz CT molecular complexity index is 1630. The number of ether oxygens (including phenoxy) is 1. The van der Waals surface area contributed by atoms with E-state index in [0.717, 1.165) is 56.2 Å². The molecule has 44 heavy (non-hydrogen) atoms. The third-order valence-corrected chi connectivity index (χ3v) is 10.1. The molecular weight excluding hydrogens is 567 g/mol. The molecule has 232 valence electrons. The summed E-state index contributed by atoms with van der Waals surface area (Å²) in [4.78, 5) is 27.4. The Hall–Kier alpha value is -3.66. The zero-order valence-corrected chi connectivity index (χ0v) is 25.1. The third-order valence-electron chi connectivity index (χ3n) is 10.1. The van der Waals surface area contributed by atoms with E-state index in [0.29, 0.717) is 44.0 Å². The summed E-state index contributed by atoms with van der Waals surface area (Å²) < 4.78 is 53.5. The van der Waals surface area contributed by atoms with E-state index in [1.807, 2.05) is 24.0 Å². The largest absolute Gasteiger partial charge is 0.461 e. The molecule has 0 N–H and O–H groups in total. The van der Waals surface area contributed by atoms with Crippen LogP contribution in [0.5, 0.6) is 6.01 Å². The van der Waals surface area contributed by atoms with Crippen molar-refractivity contribution in [1.82, 2.24) is 19.8 Å². The number of amides is 1. The van der Waals surface area contributed by atoms with Crippen molar-refractivity contribution in [2.45, 2.75) is 69.6 Å². The summed E-state index contributed by atoms with van der Waals surface area (Å²) in [6, 6.07) is 6.81. The van der Waals surface area contributed by atoms with Crippen LogP contribution in [0, 0.1) is 11.6 Å². The molecule has 4 aliphatic rings. The lowest BCUT2D eigenvalue weighted by atomic mass is 9.85. The summed E-state index contributed by atoms with van der Waals surface area (Å²) in [5.74, 6) is -1.21. The van der Waals surface area contributed by atoms with E-state index in [1.54, 1.807) is 11.0 Å². The molecule has 1 aromatic heterocycles. The maximum absolute atomic E-state index is 16.7. The predicted octanol–water partition coefficient (Wildman–Crippen LogP) is 5.63. The number of alkyl halides is 1. The second-order valence-corrected chi connectivity index (χ2v) is 12.8. The van der Waals surface area contributed by atoms with Gasteiger partial charge in [-0.3, -0.25) is 9.69 Å². The van der Waals surface area contributed by atoms with E-state index in [1.165, 1.54) is 12.1 Å². The number of aryl methyl sites for hydroxylation is 1. The normalized spacial score (nSPS) is 25.3. The van der Waals surface area contributed by atoms with Crippen LogP contribution in [0.15, 0.2) is 36.9 Å². The fourth-order valence-corrected chi connectivity index (χ4v) is 7.96. The minimum atomic E-state index is -0.915. The summed E-state index contributed by atoms with van der Waals surface area (Å²) in [6.07, 6.45) is 6.22. The molecule has 3 saturated heterocycles. The second kappa shape index (κ2) is 11.4. The minimum absolute atomic E-state index is 0.0119. The minimum Gasteiger partial charge on any atom is -0.461 e. The first kappa shape index (κ1) is 29.1. The highest BCUT2D eigenvalue weighted by Gasteiger charge is 2.49. The number of rotatable bonds is 6. The number of anilines is 1. The summed E-state index contributed by atoms with van der Waals surface area (Å²) in [5, 5.41) is 0.251. The Kier molecular flexibility index (Phi) is 7.51. The number of nitrogens with zero attached hydrogens (tertiary/aromatic N) is 5. The first-order valence-corrected chi connectivity index (χ1v) is 15.8. The topological polar surface area (TPSA) is 61.8 Å². The molecule has 0 saturated carbocycles. The fourth-order valence-electron chi connectivity index (χ4n) is 7.96. The summed E-state index contributed by atoms with van der Waals surface area (Å²) in [6.45, 7) is 8.16. The van der Waals surface area contributed by atoms with Gasteiger partial charge in [-0.1, -0.05) is 24.8 Å². The molecule has 0 bridgehead atoms. The van der Waals surface area contributed by atoms with Gasteiger partial charge in [0.25, 0.3) is 0 Å². The summed E-state index contributed by atoms with van der Waals surface area (Å²) >= 11 is 0. The van der Waals surface area contributed by atoms with E-state index >= 15 is 8.78 Å². The first-order valence-electron chi connectivity index (χ1n) is 15.8. The highest BCUT2D eigenvalue weighted by Crippen LogP contribution is 2.42. The molecule has 0 unspecified atom stereocenters. The van der Waals surface area contributed by atoms with Gasteiger partial charge in [-0.05, 0) is 80.8 Å². The van der Waals surface area contributed by atoms with Crippen molar-refractivity contribution in [3.63, 3.8) is 0 Å².